The molecule has 0 aliphatic carbocycles. The highest BCUT2D eigenvalue weighted by molar-refractivity contribution is 7.89. The third kappa shape index (κ3) is 4.05. The van der Waals surface area contributed by atoms with Gasteiger partial charge in [0.05, 0.1) is 11.3 Å². The predicted molar refractivity (Wildman–Crippen MR) is 88.1 cm³/mol. The fourth-order valence-electron chi connectivity index (χ4n) is 3.05. The minimum absolute atomic E-state index is 0.00102. The number of nitrogens with zero attached hydrogens (tertiary/aromatic N) is 2. The monoisotopic (exact) mass is 333 g/mol. The highest BCUT2D eigenvalue weighted by atomic mass is 32.2. The van der Waals surface area contributed by atoms with Crippen molar-refractivity contribution in [3.8, 4) is 0 Å². The van der Waals surface area contributed by atoms with Crippen molar-refractivity contribution < 1.29 is 13.2 Å². The minimum Gasteiger partial charge on any atom is -0.342 e. The first-order valence-electron chi connectivity index (χ1n) is 7.52. The molecule has 1 fully saturated rings. The Bertz CT molecular complexity index is 835. The van der Waals surface area contributed by atoms with E-state index >= 15 is 0 Å². The maximum absolute atomic E-state index is 12.0. The van der Waals surface area contributed by atoms with E-state index in [-0.39, 0.29) is 24.0 Å². The summed E-state index contributed by atoms with van der Waals surface area (Å²) in [7, 11) is -3.53. The van der Waals surface area contributed by atoms with Crippen molar-refractivity contribution in [2.24, 2.45) is 11.1 Å². The lowest BCUT2D eigenvalue weighted by molar-refractivity contribution is -0.127. The van der Waals surface area contributed by atoms with Gasteiger partial charge in [-0.1, -0.05) is 12.1 Å². The molecule has 23 heavy (non-hydrogen) atoms. The molecular weight excluding hydrogens is 314 g/mol. The summed E-state index contributed by atoms with van der Waals surface area (Å²) < 4.78 is 22.3. The zero-order valence-electron chi connectivity index (χ0n) is 12.7. The van der Waals surface area contributed by atoms with Gasteiger partial charge in [-0.05, 0) is 30.2 Å². The summed E-state index contributed by atoms with van der Waals surface area (Å²) in [6.45, 7) is 1.05. The summed E-state index contributed by atoms with van der Waals surface area (Å²) in [5.41, 5.74) is 2.08. The van der Waals surface area contributed by atoms with Gasteiger partial charge in [0.25, 0.3) is 0 Å². The summed E-state index contributed by atoms with van der Waals surface area (Å²) in [6.07, 6.45) is 2.76. The third-order valence-electron chi connectivity index (χ3n) is 4.10. The van der Waals surface area contributed by atoms with E-state index in [0.717, 1.165) is 22.9 Å². The number of fused-ring (bicyclic) bond motifs is 1. The highest BCUT2D eigenvalue weighted by Crippen LogP contribution is 2.20. The molecule has 0 bridgehead atoms. The number of hydrogen-bond acceptors (Lipinski definition) is 4. The van der Waals surface area contributed by atoms with Gasteiger partial charge in [-0.2, -0.15) is 0 Å². The molecular formula is C16H19N3O3S. The third-order valence-corrected chi connectivity index (χ3v) is 5.04. The molecule has 0 spiro atoms. The smallest absolute Gasteiger partial charge is 0.222 e. The zero-order valence-corrected chi connectivity index (χ0v) is 13.5. The molecule has 1 aliphatic heterocycles. The van der Waals surface area contributed by atoms with E-state index in [4.69, 9.17) is 5.14 Å². The molecule has 7 heteroatoms. The van der Waals surface area contributed by atoms with Gasteiger partial charge in [0.2, 0.25) is 15.9 Å². The molecule has 1 saturated heterocycles. The van der Waals surface area contributed by atoms with Gasteiger partial charge in [0, 0.05) is 37.0 Å². The number of rotatable bonds is 5. The van der Waals surface area contributed by atoms with E-state index < -0.39 is 10.0 Å². The summed E-state index contributed by atoms with van der Waals surface area (Å²) >= 11 is 0. The average Bonchev–Trinajstić information content (AvgIpc) is 2.82. The molecule has 1 aromatic carbocycles. The van der Waals surface area contributed by atoms with Gasteiger partial charge >= 0.3 is 0 Å². The number of carbonyl (C=O) groups is 1. The fraction of sp³-hybridized carbons (Fsp3) is 0.375. The average molecular weight is 333 g/mol. The minimum atomic E-state index is -3.53. The van der Waals surface area contributed by atoms with E-state index in [1.807, 2.05) is 24.3 Å². The molecule has 2 heterocycles. The molecule has 122 valence electrons. The molecule has 0 saturated carbocycles. The fourth-order valence-corrected chi connectivity index (χ4v) is 3.94. The lowest BCUT2D eigenvalue weighted by atomic mass is 10.1. The van der Waals surface area contributed by atoms with Gasteiger partial charge in [0.1, 0.15) is 0 Å². The summed E-state index contributed by atoms with van der Waals surface area (Å²) in [5, 5.41) is 6.13. The van der Waals surface area contributed by atoms with Gasteiger partial charge in [-0.15, -0.1) is 0 Å². The lowest BCUT2D eigenvalue weighted by Gasteiger charge is -2.16. The van der Waals surface area contributed by atoms with Crippen LogP contribution in [-0.2, 0) is 21.2 Å². The van der Waals surface area contributed by atoms with Gasteiger partial charge in [-0.3, -0.25) is 9.78 Å². The molecule has 1 aliphatic rings. The van der Waals surface area contributed by atoms with Crippen molar-refractivity contribution >= 4 is 26.8 Å². The number of likely N-dealkylation sites (tertiary alicyclic amines) is 1. The first-order valence-corrected chi connectivity index (χ1v) is 9.24. The topological polar surface area (TPSA) is 93.4 Å². The molecule has 1 atom stereocenters. The molecule has 1 aromatic heterocycles. The Hall–Kier alpha value is -1.99. The van der Waals surface area contributed by atoms with E-state index in [9.17, 15) is 13.2 Å². The van der Waals surface area contributed by atoms with Crippen LogP contribution in [0.4, 0.5) is 0 Å². The first kappa shape index (κ1) is 15.9. The van der Waals surface area contributed by atoms with Crippen LogP contribution in [0.15, 0.2) is 36.5 Å². The largest absolute Gasteiger partial charge is 0.342 e. The SMILES string of the molecule is NS(=O)(=O)CC1CC(=O)N(CCc2ccc3ncccc3c2)C1. The lowest BCUT2D eigenvalue weighted by Crippen LogP contribution is -2.29. The van der Waals surface area contributed by atoms with Crippen LogP contribution >= 0.6 is 0 Å². The second-order valence-corrected chi connectivity index (χ2v) is 7.68. The summed E-state index contributed by atoms with van der Waals surface area (Å²) in [6, 6.07) is 9.96. The molecule has 1 unspecified atom stereocenters. The van der Waals surface area contributed by atoms with Crippen LogP contribution in [-0.4, -0.2) is 43.1 Å². The van der Waals surface area contributed by atoms with Crippen LogP contribution < -0.4 is 5.14 Å². The van der Waals surface area contributed by atoms with Gasteiger partial charge in [0.15, 0.2) is 0 Å². The van der Waals surface area contributed by atoms with Crippen LogP contribution in [0.3, 0.4) is 0 Å². The van der Waals surface area contributed by atoms with E-state index in [2.05, 4.69) is 11.1 Å². The van der Waals surface area contributed by atoms with Crippen LogP contribution in [0.2, 0.25) is 0 Å². The normalized spacial score (nSPS) is 18.7. The number of primary sulfonamides is 1. The second-order valence-electron chi connectivity index (χ2n) is 6.02. The maximum atomic E-state index is 12.0. The van der Waals surface area contributed by atoms with Crippen molar-refractivity contribution in [2.45, 2.75) is 12.8 Å². The van der Waals surface area contributed by atoms with Crippen LogP contribution in [0.25, 0.3) is 10.9 Å². The highest BCUT2D eigenvalue weighted by Gasteiger charge is 2.31. The quantitative estimate of drug-likeness (QED) is 0.880. The summed E-state index contributed by atoms with van der Waals surface area (Å²) in [4.78, 5) is 18.0. The standard InChI is InChI=1S/C16H19N3O3S/c17-23(21,22)11-13-9-16(20)19(10-13)7-5-12-3-4-15-14(8-12)2-1-6-18-15/h1-4,6,8,13H,5,7,9-11H2,(H2,17,21,22). The van der Waals surface area contributed by atoms with Crippen molar-refractivity contribution in [1.82, 2.24) is 9.88 Å². The van der Waals surface area contributed by atoms with Crippen LogP contribution in [0.1, 0.15) is 12.0 Å². The van der Waals surface area contributed by atoms with Crippen molar-refractivity contribution in [3.05, 3.63) is 42.1 Å². The number of carbonyl (C=O) groups excluding carboxylic acids is 1. The molecule has 3 rings (SSSR count). The Labute approximate surface area is 135 Å². The van der Waals surface area contributed by atoms with Crippen molar-refractivity contribution in [1.29, 1.82) is 0 Å². The Balaban J connectivity index is 1.62. The molecule has 2 N–H and O–H groups in total. The van der Waals surface area contributed by atoms with Gasteiger partial charge in [-0.25, -0.2) is 13.6 Å². The number of aromatic nitrogens is 1. The summed E-state index contributed by atoms with van der Waals surface area (Å²) in [5.74, 6) is -0.323. The number of amides is 1. The van der Waals surface area contributed by atoms with E-state index in [0.29, 0.717) is 13.1 Å². The van der Waals surface area contributed by atoms with Crippen molar-refractivity contribution in [3.63, 3.8) is 0 Å². The molecule has 6 nitrogen and oxygen atoms in total. The van der Waals surface area contributed by atoms with Crippen molar-refractivity contribution in [2.75, 3.05) is 18.8 Å². The number of hydrogen-bond donors (Lipinski definition) is 1. The number of pyridine rings is 1. The van der Waals surface area contributed by atoms with Crippen LogP contribution in [0.5, 0.6) is 0 Å². The Morgan fingerprint density at radius 3 is 2.91 bits per heavy atom. The van der Waals surface area contributed by atoms with E-state index in [1.165, 1.54) is 0 Å². The zero-order chi connectivity index (χ0) is 16.4. The van der Waals surface area contributed by atoms with Crippen LogP contribution in [0, 0.1) is 5.92 Å². The Morgan fingerprint density at radius 1 is 1.30 bits per heavy atom. The molecule has 0 radical (unpaired) electrons. The maximum Gasteiger partial charge on any atom is 0.222 e. The Morgan fingerprint density at radius 2 is 2.13 bits per heavy atom. The van der Waals surface area contributed by atoms with E-state index in [1.54, 1.807) is 11.1 Å². The molecule has 2 aromatic rings. The Kier molecular flexibility index (Phi) is 4.32. The van der Waals surface area contributed by atoms with Gasteiger partial charge < -0.3 is 4.90 Å². The molecule has 1 amide bonds. The number of benzene rings is 1. The first-order chi connectivity index (χ1) is 10.9. The number of sulfonamides is 1. The second kappa shape index (κ2) is 6.25. The number of nitrogens with two attached hydrogens (primary N) is 1. The predicted octanol–water partition coefficient (Wildman–Crippen LogP) is 0.914.